The number of azo groups is 1. The Morgan fingerprint density at radius 2 is 1.68 bits per heavy atom. The summed E-state index contributed by atoms with van der Waals surface area (Å²) in [5, 5.41) is 28.8. The number of carbonyl (C=O) groups is 5. The van der Waals surface area contributed by atoms with Crippen molar-refractivity contribution in [3.05, 3.63) is 87.2 Å². The van der Waals surface area contributed by atoms with Crippen LogP contribution in [0, 0.1) is 11.3 Å². The van der Waals surface area contributed by atoms with Crippen molar-refractivity contribution in [1.82, 2.24) is 30.3 Å². The summed E-state index contributed by atoms with van der Waals surface area (Å²) in [5.41, 5.74) is 3.94. The van der Waals surface area contributed by atoms with Gasteiger partial charge in [0, 0.05) is 124 Å². The van der Waals surface area contributed by atoms with Gasteiger partial charge in [0.25, 0.3) is 11.8 Å². The van der Waals surface area contributed by atoms with Gasteiger partial charge in [0.15, 0.2) is 29.6 Å². The fourth-order valence-electron chi connectivity index (χ4n) is 9.52. The summed E-state index contributed by atoms with van der Waals surface area (Å²) in [5.74, 6) is 0.337. The zero-order valence-corrected chi connectivity index (χ0v) is 44.8. The van der Waals surface area contributed by atoms with Gasteiger partial charge in [0.05, 0.1) is 67.2 Å². The molecule has 3 N–H and O–H groups in total. The molecule has 8 rings (SSSR count). The fourth-order valence-corrected chi connectivity index (χ4v) is 10.1. The van der Waals surface area contributed by atoms with Crippen LogP contribution in [0.25, 0.3) is 10.9 Å². The van der Waals surface area contributed by atoms with E-state index in [-0.39, 0.29) is 73.0 Å². The molecule has 2 atom stereocenters. The normalized spacial score (nSPS) is 17.7. The molecule has 2 fully saturated rings. The van der Waals surface area contributed by atoms with E-state index in [2.05, 4.69) is 42.1 Å². The Morgan fingerprint density at radius 3 is 2.39 bits per heavy atom. The summed E-state index contributed by atoms with van der Waals surface area (Å²) >= 11 is 12.9. The van der Waals surface area contributed by atoms with Crippen molar-refractivity contribution >= 4 is 80.7 Å². The molecule has 4 aromatic rings. The number of halogens is 2. The second-order valence-electron chi connectivity index (χ2n) is 18.5. The molecule has 406 valence electrons. The maximum atomic E-state index is 13.3. The molecule has 3 aliphatic heterocycles. The number of unbranched alkanes of at least 4 members (excludes halogenated alkanes) is 2. The zero-order chi connectivity index (χ0) is 54.6. The lowest BCUT2D eigenvalue weighted by Crippen LogP contribution is -2.52. The number of pyridine rings is 1. The number of carbonyl (C=O) groups excluding carboxylic acids is 5. The van der Waals surface area contributed by atoms with Gasteiger partial charge in [-0.1, -0.05) is 35.7 Å². The van der Waals surface area contributed by atoms with E-state index >= 15 is 0 Å². The predicted octanol–water partition coefficient (Wildman–Crippen LogP) is 7.38. The quantitative estimate of drug-likeness (QED) is 0.0372. The molecule has 23 heteroatoms. The highest BCUT2D eigenvalue weighted by molar-refractivity contribution is 6.35. The average Bonchev–Trinajstić information content (AvgIpc) is 3.79. The molecule has 1 aromatic heterocycles. The van der Waals surface area contributed by atoms with Gasteiger partial charge in [-0.25, -0.2) is 0 Å². The topological polar surface area (TPSA) is 248 Å². The largest absolute Gasteiger partial charge is 0.493 e. The van der Waals surface area contributed by atoms with Gasteiger partial charge in [-0.15, -0.1) is 0 Å². The molecule has 3 aromatic carbocycles. The number of aromatic nitrogens is 1. The van der Waals surface area contributed by atoms with Crippen molar-refractivity contribution in [2.45, 2.75) is 70.1 Å². The zero-order valence-electron chi connectivity index (χ0n) is 43.2. The van der Waals surface area contributed by atoms with Gasteiger partial charge < -0.3 is 48.9 Å². The highest BCUT2D eigenvalue weighted by Crippen LogP contribution is 2.43. The Hall–Kier alpha value is -7.51. The molecule has 2 saturated heterocycles. The van der Waals surface area contributed by atoms with Gasteiger partial charge in [-0.3, -0.25) is 39.2 Å². The predicted molar refractivity (Wildman–Crippen MR) is 285 cm³/mol. The maximum Gasteiger partial charge on any atom is 0.257 e. The summed E-state index contributed by atoms with van der Waals surface area (Å²) in [6.07, 6.45) is 6.89. The van der Waals surface area contributed by atoms with Gasteiger partial charge >= 0.3 is 0 Å². The van der Waals surface area contributed by atoms with Crippen LogP contribution in [0.4, 0.5) is 17.1 Å². The number of nitrogens with zero attached hydrogens (tertiary/aromatic N) is 7. The number of rotatable bonds is 23. The van der Waals surface area contributed by atoms with Crippen molar-refractivity contribution in [2.24, 2.45) is 10.2 Å². The number of amides is 5. The molecule has 0 saturated carbocycles. The summed E-state index contributed by atoms with van der Waals surface area (Å²) < 4.78 is 34.4. The van der Waals surface area contributed by atoms with Crippen molar-refractivity contribution in [3.63, 3.8) is 0 Å². The Labute approximate surface area is 455 Å². The molecule has 5 amide bonds. The van der Waals surface area contributed by atoms with Gasteiger partial charge in [-0.05, 0) is 50.0 Å². The number of fused-ring (bicyclic) bond motifs is 2. The van der Waals surface area contributed by atoms with Crippen LogP contribution in [-0.2, 0) is 30.5 Å². The van der Waals surface area contributed by atoms with E-state index < -0.39 is 11.9 Å². The molecule has 4 heterocycles. The lowest BCUT2D eigenvalue weighted by Gasteiger charge is -2.34. The van der Waals surface area contributed by atoms with Crippen molar-refractivity contribution in [2.75, 3.05) is 86.2 Å². The van der Waals surface area contributed by atoms with Gasteiger partial charge in [0.2, 0.25) is 23.5 Å². The van der Waals surface area contributed by atoms with Crippen LogP contribution >= 0.6 is 23.2 Å². The average molecular weight is 1100 g/mol. The van der Waals surface area contributed by atoms with Crippen molar-refractivity contribution in [1.29, 1.82) is 5.26 Å². The molecule has 0 radical (unpaired) electrons. The van der Waals surface area contributed by atoms with E-state index in [9.17, 15) is 29.2 Å². The van der Waals surface area contributed by atoms with Crippen LogP contribution in [0.5, 0.6) is 28.7 Å². The molecule has 0 spiro atoms. The smallest absolute Gasteiger partial charge is 0.257 e. The highest BCUT2D eigenvalue weighted by atomic mass is 35.5. The van der Waals surface area contributed by atoms with E-state index in [1.54, 1.807) is 62.8 Å². The van der Waals surface area contributed by atoms with E-state index in [1.807, 2.05) is 4.90 Å². The van der Waals surface area contributed by atoms with E-state index in [0.717, 1.165) is 32.5 Å². The molecular formula is C54H60Cl2N10O11. The minimum absolute atomic E-state index is 0.121. The number of benzene rings is 3. The second kappa shape index (κ2) is 26.0. The first-order valence-electron chi connectivity index (χ1n) is 25.3. The standard InChI is InChI=1S/C54H60Cl2N10O11/c1-72-43-27-41(37(55)25-38(43)56)60-51-32(28-57)29-59-40-26-45(44(73-2)24-35(40)51)76-21-9-16-64-17-19-65(20-18-64)50(69)12-6-5-7-15-58-49(68)31-77-52-46(74-3)22-33(23-47(52)75-4)62-63-39-11-8-10-34-36(39)30-66(54(34)71)42-13-14-48(67)61-53(42)70/h8,10-11,22-26,29,42-43H,5-7,9,12-21,27,30-31H2,1-4H3,(H,58,68)(H,59,60)(H,61,67,70). The Morgan fingerprint density at radius 1 is 0.909 bits per heavy atom. The van der Waals surface area contributed by atoms with E-state index in [1.165, 1.54) is 25.3 Å². The highest BCUT2D eigenvalue weighted by Gasteiger charge is 2.40. The SMILES string of the molecule is COc1cc2c(NC3=C(Cl)C=C(Cl)C(OC)C3)c(C#N)cnc2cc1OCCCN1CCN(C(=O)CCCCCNC(=O)COc2c(OC)cc(N=Nc3cccc4c3CN(C3CCC(=O)NC3=O)C4=O)cc2OC)CC1. The van der Waals surface area contributed by atoms with Gasteiger partial charge in [0.1, 0.15) is 12.1 Å². The molecule has 0 bridgehead atoms. The third-order valence-electron chi connectivity index (χ3n) is 13.7. The third-order valence-corrected chi connectivity index (χ3v) is 14.4. The summed E-state index contributed by atoms with van der Waals surface area (Å²) in [7, 11) is 6.02. The molecular weight excluding hydrogens is 1040 g/mol. The minimum atomic E-state index is -0.759. The number of methoxy groups -OCH3 is 4. The van der Waals surface area contributed by atoms with E-state index in [0.29, 0.717) is 124 Å². The first-order chi connectivity index (χ1) is 37.3. The van der Waals surface area contributed by atoms with E-state index in [4.69, 9.17) is 51.6 Å². The van der Waals surface area contributed by atoms with Crippen molar-refractivity contribution in [3.8, 4) is 34.8 Å². The Bertz CT molecular complexity index is 3020. The number of piperazine rings is 1. The third kappa shape index (κ3) is 13.4. The number of imide groups is 1. The van der Waals surface area contributed by atoms with Crippen LogP contribution in [0.1, 0.15) is 72.9 Å². The Balaban J connectivity index is 0.721. The van der Waals surface area contributed by atoms with Crippen LogP contribution in [0.2, 0.25) is 0 Å². The first-order valence-corrected chi connectivity index (χ1v) is 26.0. The maximum absolute atomic E-state index is 13.3. The number of anilines is 1. The van der Waals surface area contributed by atoms with Crippen LogP contribution in [0.3, 0.4) is 0 Å². The molecule has 77 heavy (non-hydrogen) atoms. The second-order valence-corrected chi connectivity index (χ2v) is 19.4. The number of hydrogen-bond donors (Lipinski definition) is 3. The monoisotopic (exact) mass is 1090 g/mol. The number of nitriles is 1. The van der Waals surface area contributed by atoms with Crippen LogP contribution < -0.4 is 39.6 Å². The number of allylic oxidation sites excluding steroid dienone is 2. The summed E-state index contributed by atoms with van der Waals surface area (Å²) in [6, 6.07) is 13.3. The molecule has 4 aliphatic rings. The number of nitrogens with one attached hydrogen (secondary N) is 3. The molecule has 1 aliphatic carbocycles. The van der Waals surface area contributed by atoms with Gasteiger partial charge in [-0.2, -0.15) is 15.5 Å². The fraction of sp³-hybridized carbons (Fsp3) is 0.426. The molecule has 21 nitrogen and oxygen atoms in total. The number of piperidine rings is 1. The number of ether oxygens (including phenoxy) is 6. The Kier molecular flexibility index (Phi) is 18.8. The molecule has 2 unspecified atom stereocenters. The summed E-state index contributed by atoms with van der Waals surface area (Å²) in [4.78, 5) is 73.6. The van der Waals surface area contributed by atoms with Crippen LogP contribution in [-0.4, -0.2) is 142 Å². The lowest BCUT2D eigenvalue weighted by atomic mass is 10.0. The first kappa shape index (κ1) is 55.7. The van der Waals surface area contributed by atoms with Crippen molar-refractivity contribution < 1.29 is 52.4 Å². The minimum Gasteiger partial charge on any atom is -0.493 e. The van der Waals surface area contributed by atoms with Crippen LogP contribution in [0.15, 0.2) is 80.7 Å². The lowest BCUT2D eigenvalue weighted by molar-refractivity contribution is -0.137. The number of hydrogen-bond acceptors (Lipinski definition) is 17. The summed E-state index contributed by atoms with van der Waals surface area (Å²) in [6.45, 7) is 4.29.